The largest absolute Gasteiger partial charge is 0.304 e. The highest BCUT2D eigenvalue weighted by Gasteiger charge is 2.14. The summed E-state index contributed by atoms with van der Waals surface area (Å²) < 4.78 is 35.4. The summed E-state index contributed by atoms with van der Waals surface area (Å²) in [4.78, 5) is 11.4. The first kappa shape index (κ1) is 15.5. The molecule has 0 amide bonds. The Balaban J connectivity index is 2.67. The third-order valence-corrected chi connectivity index (χ3v) is 3.43. The minimum Gasteiger partial charge on any atom is -0.301 e. The van der Waals surface area contributed by atoms with Crippen molar-refractivity contribution in [2.24, 2.45) is 0 Å². The van der Waals surface area contributed by atoms with E-state index in [0.29, 0.717) is 18.7 Å². The molecule has 6 nitrogen and oxygen atoms in total. The van der Waals surface area contributed by atoms with Crippen LogP contribution in [0.3, 0.4) is 0 Å². The lowest BCUT2D eigenvalue weighted by atomic mass is 10.2. The van der Waals surface area contributed by atoms with E-state index in [1.807, 2.05) is 0 Å². The minimum absolute atomic E-state index is 0.0129. The van der Waals surface area contributed by atoms with Crippen molar-refractivity contribution < 1.29 is 17.7 Å². The number of rotatable bonds is 6. The Morgan fingerprint density at radius 3 is 2.53 bits per heavy atom. The fourth-order valence-electron chi connectivity index (χ4n) is 1.51. The molecule has 106 valence electrons. The molecule has 0 saturated heterocycles. The molecular formula is C11H15FN2O4S. The summed E-state index contributed by atoms with van der Waals surface area (Å²) in [5.41, 5.74) is -0.0124. The normalized spacial score (nSPS) is 11.8. The standard InChI is InChI=1S/C11H15FN2O4S/c1-13(5-6-19(2,17)18)8-9-3-4-11(14(15)16)10(12)7-9/h3-4,7H,5-6,8H2,1-2H3. The Morgan fingerprint density at radius 1 is 1.42 bits per heavy atom. The summed E-state index contributed by atoms with van der Waals surface area (Å²) in [7, 11) is -1.34. The number of halogens is 1. The van der Waals surface area contributed by atoms with Gasteiger partial charge in [0, 0.05) is 25.4 Å². The van der Waals surface area contributed by atoms with Crippen molar-refractivity contribution >= 4 is 15.5 Å². The van der Waals surface area contributed by atoms with Gasteiger partial charge in [-0.3, -0.25) is 10.1 Å². The number of benzene rings is 1. The molecule has 0 atom stereocenters. The van der Waals surface area contributed by atoms with E-state index in [-0.39, 0.29) is 5.75 Å². The van der Waals surface area contributed by atoms with Crippen molar-refractivity contribution in [2.45, 2.75) is 6.54 Å². The predicted molar refractivity (Wildman–Crippen MR) is 69.1 cm³/mol. The maximum atomic E-state index is 13.4. The molecule has 1 aromatic carbocycles. The molecule has 0 heterocycles. The maximum absolute atomic E-state index is 13.4. The maximum Gasteiger partial charge on any atom is 0.304 e. The smallest absolute Gasteiger partial charge is 0.301 e. The molecule has 0 aromatic heterocycles. The number of nitro groups is 1. The second-order valence-electron chi connectivity index (χ2n) is 4.41. The van der Waals surface area contributed by atoms with Gasteiger partial charge in [0.2, 0.25) is 5.82 Å². The van der Waals surface area contributed by atoms with Gasteiger partial charge in [-0.1, -0.05) is 6.07 Å². The molecule has 0 aliphatic heterocycles. The van der Waals surface area contributed by atoms with Crippen LogP contribution in [0.2, 0.25) is 0 Å². The van der Waals surface area contributed by atoms with E-state index in [9.17, 15) is 22.9 Å². The van der Waals surface area contributed by atoms with E-state index >= 15 is 0 Å². The topological polar surface area (TPSA) is 80.5 Å². The van der Waals surface area contributed by atoms with E-state index < -0.39 is 26.3 Å². The fraction of sp³-hybridized carbons (Fsp3) is 0.455. The minimum atomic E-state index is -3.04. The molecule has 0 N–H and O–H groups in total. The zero-order valence-electron chi connectivity index (χ0n) is 10.7. The zero-order chi connectivity index (χ0) is 14.6. The summed E-state index contributed by atoms with van der Waals surface area (Å²) in [5.74, 6) is -0.877. The number of hydrogen-bond donors (Lipinski definition) is 0. The molecule has 8 heteroatoms. The van der Waals surface area contributed by atoms with Crippen LogP contribution in [0, 0.1) is 15.9 Å². The fourth-order valence-corrected chi connectivity index (χ4v) is 2.15. The molecular weight excluding hydrogens is 275 g/mol. The van der Waals surface area contributed by atoms with Crippen LogP contribution in [0.5, 0.6) is 0 Å². The third-order valence-electron chi connectivity index (χ3n) is 2.51. The average molecular weight is 290 g/mol. The second-order valence-corrected chi connectivity index (χ2v) is 6.67. The van der Waals surface area contributed by atoms with E-state index in [2.05, 4.69) is 0 Å². The Labute approximate surface area is 110 Å². The quantitative estimate of drug-likeness (QED) is 0.581. The van der Waals surface area contributed by atoms with Gasteiger partial charge in [0.15, 0.2) is 0 Å². The number of sulfone groups is 1. The first-order chi connectivity index (χ1) is 8.69. The van der Waals surface area contributed by atoms with Crippen LogP contribution >= 0.6 is 0 Å². The highest BCUT2D eigenvalue weighted by atomic mass is 32.2. The lowest BCUT2D eigenvalue weighted by Gasteiger charge is -2.15. The molecule has 0 aliphatic rings. The monoisotopic (exact) mass is 290 g/mol. The number of hydrogen-bond acceptors (Lipinski definition) is 5. The van der Waals surface area contributed by atoms with Gasteiger partial charge >= 0.3 is 5.69 Å². The van der Waals surface area contributed by atoms with Gasteiger partial charge in [0.1, 0.15) is 9.84 Å². The molecule has 1 rings (SSSR count). The summed E-state index contributed by atoms with van der Waals surface area (Å²) in [6.07, 6.45) is 1.15. The van der Waals surface area contributed by atoms with Gasteiger partial charge in [-0.25, -0.2) is 8.42 Å². The van der Waals surface area contributed by atoms with Crippen LogP contribution in [0.25, 0.3) is 0 Å². The molecule has 0 unspecified atom stereocenters. The number of nitro benzene ring substituents is 1. The van der Waals surface area contributed by atoms with Gasteiger partial charge in [-0.2, -0.15) is 4.39 Å². The van der Waals surface area contributed by atoms with Crippen molar-refractivity contribution in [2.75, 3.05) is 25.6 Å². The third kappa shape index (κ3) is 5.31. The molecule has 0 saturated carbocycles. The predicted octanol–water partition coefficient (Wildman–Crippen LogP) is 1.21. The van der Waals surface area contributed by atoms with Gasteiger partial charge < -0.3 is 4.90 Å². The van der Waals surface area contributed by atoms with E-state index in [1.165, 1.54) is 6.07 Å². The molecule has 0 fully saturated rings. The van der Waals surface area contributed by atoms with Gasteiger partial charge in [0.25, 0.3) is 0 Å². The second kappa shape index (κ2) is 6.07. The van der Waals surface area contributed by atoms with E-state index in [1.54, 1.807) is 11.9 Å². The van der Waals surface area contributed by atoms with Crippen molar-refractivity contribution in [1.29, 1.82) is 0 Å². The first-order valence-corrected chi connectivity index (χ1v) is 7.54. The zero-order valence-corrected chi connectivity index (χ0v) is 11.5. The Bertz CT molecular complexity index is 574. The summed E-state index contributed by atoms with van der Waals surface area (Å²) in [6.45, 7) is 0.641. The van der Waals surface area contributed by atoms with E-state index in [0.717, 1.165) is 18.4 Å². The SMILES string of the molecule is CN(CCS(C)(=O)=O)Cc1ccc([N+](=O)[O-])c(F)c1. The van der Waals surface area contributed by atoms with Gasteiger partial charge in [-0.05, 0) is 18.7 Å². The molecule has 0 bridgehead atoms. The Kier molecular flexibility index (Phi) is 4.96. The van der Waals surface area contributed by atoms with Gasteiger partial charge in [-0.15, -0.1) is 0 Å². The lowest BCUT2D eigenvalue weighted by Crippen LogP contribution is -2.24. The summed E-state index contributed by atoms with van der Waals surface area (Å²) in [6, 6.07) is 3.66. The summed E-state index contributed by atoms with van der Waals surface area (Å²) >= 11 is 0. The highest BCUT2D eigenvalue weighted by molar-refractivity contribution is 7.90. The van der Waals surface area contributed by atoms with Crippen LogP contribution in [0.1, 0.15) is 5.56 Å². The molecule has 19 heavy (non-hydrogen) atoms. The van der Waals surface area contributed by atoms with Gasteiger partial charge in [0.05, 0.1) is 10.7 Å². The average Bonchev–Trinajstić information content (AvgIpc) is 2.25. The van der Waals surface area contributed by atoms with Crippen LogP contribution in [0.15, 0.2) is 18.2 Å². The number of nitrogens with zero attached hydrogens (tertiary/aromatic N) is 2. The molecule has 0 aliphatic carbocycles. The van der Waals surface area contributed by atoms with Crippen molar-refractivity contribution in [3.63, 3.8) is 0 Å². The van der Waals surface area contributed by atoms with Crippen molar-refractivity contribution in [3.8, 4) is 0 Å². The molecule has 0 spiro atoms. The van der Waals surface area contributed by atoms with E-state index in [4.69, 9.17) is 0 Å². The summed E-state index contributed by atoms with van der Waals surface area (Å²) in [5, 5.41) is 10.5. The first-order valence-electron chi connectivity index (χ1n) is 5.48. The molecule has 0 radical (unpaired) electrons. The van der Waals surface area contributed by atoms with Crippen LogP contribution < -0.4 is 0 Å². The Hall–Kier alpha value is -1.54. The van der Waals surface area contributed by atoms with Crippen LogP contribution in [-0.4, -0.2) is 43.8 Å². The lowest BCUT2D eigenvalue weighted by molar-refractivity contribution is -0.387. The van der Waals surface area contributed by atoms with Crippen LogP contribution in [-0.2, 0) is 16.4 Å². The molecule has 1 aromatic rings. The van der Waals surface area contributed by atoms with Crippen molar-refractivity contribution in [1.82, 2.24) is 4.90 Å². The highest BCUT2D eigenvalue weighted by Crippen LogP contribution is 2.18. The van der Waals surface area contributed by atoms with Crippen LogP contribution in [0.4, 0.5) is 10.1 Å². The van der Waals surface area contributed by atoms with Crippen molar-refractivity contribution in [3.05, 3.63) is 39.7 Å². The Morgan fingerprint density at radius 2 is 2.05 bits per heavy atom.